The van der Waals surface area contributed by atoms with Gasteiger partial charge in [-0.2, -0.15) is 0 Å². The van der Waals surface area contributed by atoms with Crippen molar-refractivity contribution in [2.75, 3.05) is 6.61 Å². The third-order valence-electron chi connectivity index (χ3n) is 8.80. The molecule has 14 heteroatoms. The van der Waals surface area contributed by atoms with E-state index in [1.54, 1.807) is 0 Å². The highest BCUT2D eigenvalue weighted by Gasteiger charge is 2.50. The van der Waals surface area contributed by atoms with Gasteiger partial charge in [-0.15, -0.1) is 0 Å². The topological polar surface area (TPSA) is 212 Å². The molecule has 0 bridgehead atoms. The quantitative estimate of drug-likeness (QED) is 0.0313. The predicted molar refractivity (Wildman–Crippen MR) is 182 cm³/mol. The summed E-state index contributed by atoms with van der Waals surface area (Å²) in [6.45, 7) is 3.55. The van der Waals surface area contributed by atoms with Crippen molar-refractivity contribution in [2.45, 2.75) is 198 Å². The summed E-state index contributed by atoms with van der Waals surface area (Å²) in [4.78, 5) is 44.7. The van der Waals surface area contributed by atoms with E-state index in [1.807, 2.05) is 0 Å². The number of ether oxygens (including phenoxy) is 2. The molecule has 1 aliphatic rings. The number of rotatable bonds is 29. The molecule has 1 fully saturated rings. The maximum Gasteiger partial charge on any atom is 0.472 e. The van der Waals surface area contributed by atoms with E-state index in [-0.39, 0.29) is 6.42 Å². The van der Waals surface area contributed by atoms with Crippen LogP contribution in [0.2, 0.25) is 0 Å². The first-order valence-corrected chi connectivity index (χ1v) is 20.0. The summed E-state index contributed by atoms with van der Waals surface area (Å²) in [6.07, 6.45) is 11.0. The highest BCUT2D eigenvalue weighted by Crippen LogP contribution is 2.41. The number of carbonyl (C=O) groups excluding carboxylic acids is 2. The Labute approximate surface area is 287 Å². The second-order valence-electron chi connectivity index (χ2n) is 13.3. The fourth-order valence-electron chi connectivity index (χ4n) is 6.02. The van der Waals surface area contributed by atoms with E-state index in [2.05, 4.69) is 19.2 Å². The highest BCUT2D eigenvalue weighted by molar-refractivity contribution is 7.46. The molecule has 1 aliphatic heterocycles. The fourth-order valence-corrected chi connectivity index (χ4v) is 6.47. The zero-order valence-electron chi connectivity index (χ0n) is 29.4. The van der Waals surface area contributed by atoms with Crippen LogP contribution in [-0.2, 0) is 28.2 Å². The monoisotopic (exact) mass is 711 g/mol. The molecule has 0 aromatic carbocycles. The molecule has 0 radical (unpaired) electrons. The summed E-state index contributed by atoms with van der Waals surface area (Å²) in [6, 6.07) is -1.60. The number of unbranched alkanes of at least 4 members (excludes halogenated alkanes) is 16. The van der Waals surface area contributed by atoms with Crippen LogP contribution in [0.4, 0.5) is 0 Å². The Balaban J connectivity index is 2.70. The second-order valence-corrected chi connectivity index (χ2v) is 14.5. The number of hydrogen-bond acceptors (Lipinski definition) is 10. The Hall–Kier alpha value is -1.15. The van der Waals surface area contributed by atoms with Crippen molar-refractivity contribution in [1.29, 1.82) is 0 Å². The zero-order chi connectivity index (χ0) is 35.8. The Kier molecular flexibility index (Phi) is 24.9. The SMILES string of the molecule is CCCCCCCCCCC[C@@H](O)CC(=O)NC1C(OP(=O)(O)O)OC(CO)C(O)C1OC(=O)C[C@H](O)CCCCCCCCCCC. The van der Waals surface area contributed by atoms with Gasteiger partial charge in [0, 0.05) is 0 Å². The third-order valence-corrected chi connectivity index (χ3v) is 9.28. The molecule has 0 spiro atoms. The average molecular weight is 712 g/mol. The number of aliphatic hydroxyl groups is 4. The highest BCUT2D eigenvalue weighted by atomic mass is 31.2. The Bertz CT molecular complexity index is 890. The Morgan fingerprint density at radius 3 is 1.62 bits per heavy atom. The molecular weight excluding hydrogens is 645 g/mol. The van der Waals surface area contributed by atoms with E-state index < -0.39 is 75.6 Å². The number of phosphoric acid groups is 1. The molecule has 0 saturated carbocycles. The molecule has 0 aliphatic carbocycles. The van der Waals surface area contributed by atoms with Crippen molar-refractivity contribution in [3.63, 3.8) is 0 Å². The number of phosphoric ester groups is 1. The van der Waals surface area contributed by atoms with Crippen molar-refractivity contribution in [3.8, 4) is 0 Å². The lowest BCUT2D eigenvalue weighted by atomic mass is 9.96. The summed E-state index contributed by atoms with van der Waals surface area (Å²) in [5.74, 6) is -1.66. The lowest BCUT2D eigenvalue weighted by molar-refractivity contribution is -0.254. The first kappa shape index (κ1) is 44.9. The van der Waals surface area contributed by atoms with Gasteiger partial charge in [-0.25, -0.2) is 4.57 Å². The first-order chi connectivity index (χ1) is 22.9. The lowest BCUT2D eigenvalue weighted by Gasteiger charge is -2.43. The molecule has 5 unspecified atom stereocenters. The van der Waals surface area contributed by atoms with Crippen LogP contribution in [-0.4, -0.2) is 91.5 Å². The number of aliphatic hydroxyl groups excluding tert-OH is 4. The minimum Gasteiger partial charge on any atom is -0.457 e. The minimum atomic E-state index is -5.21. The van der Waals surface area contributed by atoms with Gasteiger partial charge in [0.25, 0.3) is 0 Å². The largest absolute Gasteiger partial charge is 0.472 e. The van der Waals surface area contributed by atoms with Gasteiger partial charge in [0.05, 0.1) is 31.7 Å². The molecule has 48 heavy (non-hydrogen) atoms. The lowest BCUT2D eigenvalue weighted by Crippen LogP contribution is -2.65. The molecule has 284 valence electrons. The van der Waals surface area contributed by atoms with Gasteiger partial charge in [0.2, 0.25) is 5.91 Å². The Morgan fingerprint density at radius 1 is 0.750 bits per heavy atom. The predicted octanol–water partition coefficient (Wildman–Crippen LogP) is 4.91. The van der Waals surface area contributed by atoms with Gasteiger partial charge >= 0.3 is 13.8 Å². The normalized spacial score (nSPS) is 22.7. The molecule has 1 rings (SSSR count). The maximum atomic E-state index is 12.9. The fraction of sp³-hybridized carbons (Fsp3) is 0.941. The van der Waals surface area contributed by atoms with Gasteiger partial charge < -0.3 is 45.0 Å². The van der Waals surface area contributed by atoms with E-state index in [4.69, 9.17) is 14.0 Å². The van der Waals surface area contributed by atoms with Gasteiger partial charge in [0.15, 0.2) is 12.4 Å². The number of esters is 1. The van der Waals surface area contributed by atoms with Gasteiger partial charge in [-0.3, -0.25) is 14.1 Å². The molecular formula is C34H66NO12P. The molecule has 7 atom stereocenters. The molecule has 0 aromatic rings. The molecule has 0 aromatic heterocycles. The van der Waals surface area contributed by atoms with Crippen molar-refractivity contribution >= 4 is 19.7 Å². The first-order valence-electron chi connectivity index (χ1n) is 18.4. The van der Waals surface area contributed by atoms with Crippen molar-refractivity contribution in [3.05, 3.63) is 0 Å². The number of nitrogens with one attached hydrogen (secondary N) is 1. The maximum absolute atomic E-state index is 12.9. The van der Waals surface area contributed by atoms with E-state index in [9.17, 15) is 44.4 Å². The molecule has 1 amide bonds. The van der Waals surface area contributed by atoms with Crippen molar-refractivity contribution in [1.82, 2.24) is 5.32 Å². The Morgan fingerprint density at radius 2 is 1.19 bits per heavy atom. The zero-order valence-corrected chi connectivity index (χ0v) is 30.3. The summed E-state index contributed by atoms with van der Waals surface area (Å²) in [5, 5.41) is 43.9. The van der Waals surface area contributed by atoms with Crippen LogP contribution in [0.15, 0.2) is 0 Å². The van der Waals surface area contributed by atoms with Crippen LogP contribution in [0.1, 0.15) is 155 Å². The van der Waals surface area contributed by atoms with E-state index in [0.29, 0.717) is 19.3 Å². The average Bonchev–Trinajstić information content (AvgIpc) is 3.01. The summed E-state index contributed by atoms with van der Waals surface area (Å²) in [5.41, 5.74) is 0. The van der Waals surface area contributed by atoms with Crippen LogP contribution in [0.3, 0.4) is 0 Å². The van der Waals surface area contributed by atoms with E-state index >= 15 is 0 Å². The number of hydrogen-bond donors (Lipinski definition) is 7. The van der Waals surface area contributed by atoms with Crippen LogP contribution in [0.5, 0.6) is 0 Å². The smallest absolute Gasteiger partial charge is 0.457 e. The standard InChI is InChI=1S/C34H66NO12P/c1-3-5-7-9-11-13-15-17-19-21-26(37)23-29(39)35-31-33(32(41)28(25-36)45-34(31)47-48(42,43)44)46-30(40)24-27(38)22-20-18-16-14-12-10-8-6-4-2/h26-28,31-34,36-38,41H,3-25H2,1-2H3,(H,35,39)(H2,42,43,44)/t26-,27-,28?,31?,32?,33?,34?/m1/s1. The van der Waals surface area contributed by atoms with Gasteiger partial charge in [-0.05, 0) is 12.8 Å². The van der Waals surface area contributed by atoms with Crippen molar-refractivity contribution in [2.24, 2.45) is 0 Å². The van der Waals surface area contributed by atoms with Crippen LogP contribution in [0, 0.1) is 0 Å². The molecule has 1 heterocycles. The summed E-state index contributed by atoms with van der Waals surface area (Å²) < 4.78 is 27.2. The van der Waals surface area contributed by atoms with Crippen LogP contribution in [0.25, 0.3) is 0 Å². The number of carbonyl (C=O) groups is 2. The van der Waals surface area contributed by atoms with E-state index in [1.165, 1.54) is 64.2 Å². The van der Waals surface area contributed by atoms with Crippen molar-refractivity contribution < 1.29 is 58.4 Å². The van der Waals surface area contributed by atoms with Gasteiger partial charge in [0.1, 0.15) is 18.2 Å². The molecule has 13 nitrogen and oxygen atoms in total. The number of amides is 1. The third kappa shape index (κ3) is 21.2. The summed E-state index contributed by atoms with van der Waals surface area (Å²) in [7, 11) is -5.21. The summed E-state index contributed by atoms with van der Waals surface area (Å²) >= 11 is 0. The minimum absolute atomic E-state index is 0.353. The van der Waals surface area contributed by atoms with E-state index in [0.717, 1.165) is 44.9 Å². The second kappa shape index (κ2) is 26.6. The molecule has 7 N–H and O–H groups in total. The van der Waals surface area contributed by atoms with Crippen LogP contribution >= 0.6 is 7.82 Å². The van der Waals surface area contributed by atoms with Gasteiger partial charge in [-0.1, -0.05) is 129 Å². The van der Waals surface area contributed by atoms with Crippen LogP contribution < -0.4 is 5.32 Å². The molecule has 1 saturated heterocycles.